The van der Waals surface area contributed by atoms with Crippen LogP contribution in [0.5, 0.6) is 0 Å². The first-order valence-corrected chi connectivity index (χ1v) is 10.8. The number of nitrogens with zero attached hydrogens (tertiary/aromatic N) is 8. The molecule has 3 N–H and O–H groups in total. The van der Waals surface area contributed by atoms with E-state index in [0.717, 1.165) is 48.7 Å². The first kappa shape index (κ1) is 20.7. The van der Waals surface area contributed by atoms with Crippen LogP contribution in [0, 0.1) is 11.3 Å². The number of benzene rings is 1. The normalized spacial score (nSPS) is 13.3. The highest BCUT2D eigenvalue weighted by Gasteiger charge is 2.23. The van der Waals surface area contributed by atoms with Crippen molar-refractivity contribution in [1.82, 2.24) is 34.3 Å². The Hall–Kier alpha value is -4.17. The SMILES string of the molecule is CN(C)CCNc1cc(Nc2cc(NC3CC3)c3ncc(C#N)n3n2)cc(-n2cnnc2)c1. The van der Waals surface area contributed by atoms with Gasteiger partial charge >= 0.3 is 0 Å². The molecule has 11 nitrogen and oxygen atoms in total. The quantitative estimate of drug-likeness (QED) is 0.358. The first-order chi connectivity index (χ1) is 16.1. The van der Waals surface area contributed by atoms with Crippen LogP contribution >= 0.6 is 0 Å². The Morgan fingerprint density at radius 3 is 2.64 bits per heavy atom. The lowest BCUT2D eigenvalue weighted by Crippen LogP contribution is -2.20. The number of hydrogen-bond donors (Lipinski definition) is 3. The minimum absolute atomic E-state index is 0.386. The van der Waals surface area contributed by atoms with Gasteiger partial charge in [-0.1, -0.05) is 0 Å². The fourth-order valence-corrected chi connectivity index (χ4v) is 3.50. The maximum absolute atomic E-state index is 9.47. The van der Waals surface area contributed by atoms with Gasteiger partial charge in [0, 0.05) is 36.6 Å². The van der Waals surface area contributed by atoms with Crippen LogP contribution in [0.4, 0.5) is 22.9 Å². The molecule has 11 heteroatoms. The number of aromatic nitrogens is 6. The fraction of sp³-hybridized carbons (Fsp3) is 0.318. The van der Waals surface area contributed by atoms with Gasteiger partial charge in [0.15, 0.2) is 17.2 Å². The summed E-state index contributed by atoms with van der Waals surface area (Å²) in [6.07, 6.45) is 7.13. The van der Waals surface area contributed by atoms with Crippen molar-refractivity contribution < 1.29 is 0 Å². The number of rotatable bonds is 9. The lowest BCUT2D eigenvalue weighted by molar-refractivity contribution is 0.425. The molecule has 1 saturated carbocycles. The third kappa shape index (κ3) is 4.70. The van der Waals surface area contributed by atoms with Crippen molar-refractivity contribution in [2.24, 2.45) is 0 Å². The number of fused-ring (bicyclic) bond motifs is 1. The summed E-state index contributed by atoms with van der Waals surface area (Å²) in [5.74, 6) is 0.611. The molecule has 0 amide bonds. The van der Waals surface area contributed by atoms with E-state index in [1.165, 1.54) is 0 Å². The Balaban J connectivity index is 1.49. The van der Waals surface area contributed by atoms with Crippen molar-refractivity contribution in [2.45, 2.75) is 18.9 Å². The Bertz CT molecular complexity index is 1300. The van der Waals surface area contributed by atoms with E-state index in [2.05, 4.69) is 47.2 Å². The van der Waals surface area contributed by atoms with Crippen molar-refractivity contribution >= 4 is 28.5 Å². The van der Waals surface area contributed by atoms with E-state index < -0.39 is 0 Å². The second-order valence-corrected chi connectivity index (χ2v) is 8.35. The molecule has 4 aromatic rings. The summed E-state index contributed by atoms with van der Waals surface area (Å²) in [6, 6.07) is 10.6. The average Bonchev–Trinajstić information content (AvgIpc) is 3.26. The summed E-state index contributed by atoms with van der Waals surface area (Å²) in [5, 5.41) is 32.3. The monoisotopic (exact) mass is 443 g/mol. The zero-order valence-corrected chi connectivity index (χ0v) is 18.5. The van der Waals surface area contributed by atoms with Crippen LogP contribution in [-0.4, -0.2) is 67.5 Å². The summed E-state index contributed by atoms with van der Waals surface area (Å²) in [7, 11) is 4.09. The summed E-state index contributed by atoms with van der Waals surface area (Å²) < 4.78 is 3.43. The van der Waals surface area contributed by atoms with Crippen molar-refractivity contribution in [3.8, 4) is 11.8 Å². The molecule has 1 aromatic carbocycles. The largest absolute Gasteiger partial charge is 0.384 e. The van der Waals surface area contributed by atoms with Gasteiger partial charge in [-0.25, -0.2) is 4.98 Å². The second-order valence-electron chi connectivity index (χ2n) is 8.35. The zero-order valence-electron chi connectivity index (χ0n) is 18.5. The molecule has 0 aliphatic heterocycles. The smallest absolute Gasteiger partial charge is 0.178 e. The Labute approximate surface area is 191 Å². The molecule has 0 saturated heterocycles. The van der Waals surface area contributed by atoms with Crippen LogP contribution in [0.25, 0.3) is 11.3 Å². The molecule has 1 fully saturated rings. The molecule has 0 atom stereocenters. The van der Waals surface area contributed by atoms with Gasteiger partial charge in [0.05, 0.1) is 17.6 Å². The van der Waals surface area contributed by atoms with Crippen molar-refractivity contribution in [1.29, 1.82) is 5.26 Å². The van der Waals surface area contributed by atoms with E-state index in [4.69, 9.17) is 0 Å². The average molecular weight is 444 g/mol. The third-order valence-electron chi connectivity index (χ3n) is 5.31. The number of imidazole rings is 1. The Morgan fingerprint density at radius 1 is 1.12 bits per heavy atom. The van der Waals surface area contributed by atoms with Crippen LogP contribution in [0.15, 0.2) is 43.1 Å². The molecule has 33 heavy (non-hydrogen) atoms. The maximum atomic E-state index is 9.47. The number of nitrogens with one attached hydrogen (secondary N) is 3. The summed E-state index contributed by atoms with van der Waals surface area (Å²) in [5.41, 5.74) is 4.61. The van der Waals surface area contributed by atoms with Crippen molar-refractivity contribution in [3.63, 3.8) is 0 Å². The van der Waals surface area contributed by atoms with Crippen molar-refractivity contribution in [2.75, 3.05) is 43.1 Å². The molecule has 5 rings (SSSR count). The molecule has 3 heterocycles. The van der Waals surface area contributed by atoms with E-state index in [1.807, 2.05) is 42.9 Å². The van der Waals surface area contributed by atoms with Gasteiger partial charge in [-0.05, 0) is 45.1 Å². The van der Waals surface area contributed by atoms with E-state index in [1.54, 1.807) is 23.4 Å². The molecular formula is C22H25N11. The molecular weight excluding hydrogens is 418 g/mol. The van der Waals surface area contributed by atoms with Gasteiger partial charge in [0.2, 0.25) is 0 Å². The van der Waals surface area contributed by atoms with E-state index in [-0.39, 0.29) is 0 Å². The van der Waals surface area contributed by atoms with E-state index >= 15 is 0 Å². The fourth-order valence-electron chi connectivity index (χ4n) is 3.50. The standard InChI is InChI=1S/C22H25N11/c1-31(2)6-5-24-16-7-17(9-18(8-16)32-13-26-27-14-32)29-21-10-20(28-15-3-4-15)22-25-12-19(11-23)33(22)30-21/h7-10,12-15,24,28H,3-6H2,1-2H3,(H,29,30). The minimum atomic E-state index is 0.386. The predicted molar refractivity (Wildman–Crippen MR) is 126 cm³/mol. The second kappa shape index (κ2) is 8.76. The summed E-state index contributed by atoms with van der Waals surface area (Å²) in [6.45, 7) is 1.71. The molecule has 1 aliphatic carbocycles. The number of likely N-dealkylation sites (N-methyl/N-ethyl adjacent to an activating group) is 1. The molecule has 3 aromatic heterocycles. The van der Waals surface area contributed by atoms with E-state index in [0.29, 0.717) is 23.2 Å². The molecule has 0 radical (unpaired) electrons. The molecule has 0 unspecified atom stereocenters. The van der Waals surface area contributed by atoms with Gasteiger partial charge in [-0.2, -0.15) is 9.78 Å². The van der Waals surface area contributed by atoms with Crippen molar-refractivity contribution in [3.05, 3.63) is 48.8 Å². The molecule has 168 valence electrons. The highest BCUT2D eigenvalue weighted by molar-refractivity contribution is 5.75. The van der Waals surface area contributed by atoms with Crippen LogP contribution in [0.1, 0.15) is 18.5 Å². The predicted octanol–water partition coefficient (Wildman–Crippen LogP) is 2.47. The number of hydrogen-bond acceptors (Lipinski definition) is 9. The van der Waals surface area contributed by atoms with E-state index in [9.17, 15) is 5.26 Å². The lowest BCUT2D eigenvalue weighted by atomic mass is 10.2. The Morgan fingerprint density at radius 2 is 1.91 bits per heavy atom. The van der Waals surface area contributed by atoms with Gasteiger partial charge in [-0.3, -0.25) is 4.57 Å². The molecule has 1 aliphatic rings. The van der Waals surface area contributed by atoms with Crippen LogP contribution < -0.4 is 16.0 Å². The van der Waals surface area contributed by atoms with Crippen LogP contribution in [0.3, 0.4) is 0 Å². The Kier molecular flexibility index (Phi) is 5.50. The summed E-state index contributed by atoms with van der Waals surface area (Å²) in [4.78, 5) is 6.51. The van der Waals surface area contributed by atoms with Gasteiger partial charge in [0.1, 0.15) is 18.7 Å². The minimum Gasteiger partial charge on any atom is -0.384 e. The molecule has 0 spiro atoms. The summed E-state index contributed by atoms with van der Waals surface area (Å²) >= 11 is 0. The third-order valence-corrected chi connectivity index (χ3v) is 5.31. The lowest BCUT2D eigenvalue weighted by Gasteiger charge is -2.15. The van der Waals surface area contributed by atoms with Gasteiger partial charge < -0.3 is 20.9 Å². The van der Waals surface area contributed by atoms with Gasteiger partial charge in [-0.15, -0.1) is 15.3 Å². The van der Waals surface area contributed by atoms with Crippen LogP contribution in [-0.2, 0) is 0 Å². The van der Waals surface area contributed by atoms with Crippen LogP contribution in [0.2, 0.25) is 0 Å². The zero-order chi connectivity index (χ0) is 22.8. The molecule has 0 bridgehead atoms. The number of nitriles is 1. The number of anilines is 4. The highest BCUT2D eigenvalue weighted by atomic mass is 15.3. The maximum Gasteiger partial charge on any atom is 0.178 e. The topological polar surface area (TPSA) is 124 Å². The van der Waals surface area contributed by atoms with Gasteiger partial charge in [0.25, 0.3) is 0 Å². The first-order valence-electron chi connectivity index (χ1n) is 10.8. The highest BCUT2D eigenvalue weighted by Crippen LogP contribution is 2.30.